The lowest BCUT2D eigenvalue weighted by Gasteiger charge is -2.11. The van der Waals surface area contributed by atoms with Crippen LogP contribution in [0.25, 0.3) is 0 Å². The molecule has 0 unspecified atom stereocenters. The SMILES string of the molecule is COc1ccccc1NC(=O)c1ccc(NC(C)C)cn1. The van der Waals surface area contributed by atoms with E-state index in [0.717, 1.165) is 5.69 Å². The van der Waals surface area contributed by atoms with Crippen LogP contribution in [0.5, 0.6) is 5.75 Å². The molecule has 1 aromatic heterocycles. The highest BCUT2D eigenvalue weighted by Gasteiger charge is 2.10. The molecule has 2 rings (SSSR count). The van der Waals surface area contributed by atoms with Crippen molar-refractivity contribution in [1.29, 1.82) is 0 Å². The Labute approximate surface area is 124 Å². The van der Waals surface area contributed by atoms with Crippen molar-refractivity contribution < 1.29 is 9.53 Å². The summed E-state index contributed by atoms with van der Waals surface area (Å²) < 4.78 is 5.20. The van der Waals surface area contributed by atoms with Crippen molar-refractivity contribution >= 4 is 17.3 Å². The Morgan fingerprint density at radius 2 is 1.95 bits per heavy atom. The highest BCUT2D eigenvalue weighted by atomic mass is 16.5. The minimum atomic E-state index is -0.268. The van der Waals surface area contributed by atoms with Gasteiger partial charge >= 0.3 is 0 Å². The lowest BCUT2D eigenvalue weighted by atomic mass is 10.2. The molecule has 1 heterocycles. The van der Waals surface area contributed by atoms with Gasteiger partial charge < -0.3 is 15.4 Å². The molecule has 0 aliphatic rings. The van der Waals surface area contributed by atoms with Crippen LogP contribution in [0.3, 0.4) is 0 Å². The molecule has 0 aliphatic heterocycles. The average Bonchev–Trinajstić information content (AvgIpc) is 2.48. The third-order valence-corrected chi connectivity index (χ3v) is 2.81. The molecule has 2 aromatic rings. The third kappa shape index (κ3) is 3.95. The molecule has 0 radical (unpaired) electrons. The predicted molar refractivity (Wildman–Crippen MR) is 83.9 cm³/mol. The zero-order valence-corrected chi connectivity index (χ0v) is 12.4. The summed E-state index contributed by atoms with van der Waals surface area (Å²) in [6.45, 7) is 4.09. The van der Waals surface area contributed by atoms with Gasteiger partial charge in [-0.25, -0.2) is 4.98 Å². The van der Waals surface area contributed by atoms with Crippen LogP contribution in [0.4, 0.5) is 11.4 Å². The summed E-state index contributed by atoms with van der Waals surface area (Å²) >= 11 is 0. The number of pyridine rings is 1. The quantitative estimate of drug-likeness (QED) is 0.885. The van der Waals surface area contributed by atoms with Gasteiger partial charge in [-0.2, -0.15) is 0 Å². The Kier molecular flexibility index (Phi) is 4.77. The number of benzene rings is 1. The first kappa shape index (κ1) is 14.8. The lowest BCUT2D eigenvalue weighted by Crippen LogP contribution is -2.15. The van der Waals surface area contributed by atoms with E-state index in [1.54, 1.807) is 31.5 Å². The summed E-state index contributed by atoms with van der Waals surface area (Å²) in [7, 11) is 1.57. The second-order valence-electron chi connectivity index (χ2n) is 4.89. The maximum absolute atomic E-state index is 12.2. The molecule has 0 atom stereocenters. The molecular weight excluding hydrogens is 266 g/mol. The van der Waals surface area contributed by atoms with Crippen LogP contribution < -0.4 is 15.4 Å². The molecule has 0 saturated heterocycles. The average molecular weight is 285 g/mol. The van der Waals surface area contributed by atoms with Gasteiger partial charge in [-0.1, -0.05) is 12.1 Å². The maximum atomic E-state index is 12.2. The zero-order chi connectivity index (χ0) is 15.2. The first-order chi connectivity index (χ1) is 10.1. The van der Waals surface area contributed by atoms with Gasteiger partial charge in [0.05, 0.1) is 24.7 Å². The standard InChI is InChI=1S/C16H19N3O2/c1-11(2)18-12-8-9-14(17-10-12)16(20)19-13-6-4-5-7-15(13)21-3/h4-11,18H,1-3H3,(H,19,20). The predicted octanol–water partition coefficient (Wildman–Crippen LogP) is 3.16. The summed E-state index contributed by atoms with van der Waals surface area (Å²) in [5, 5.41) is 6.02. The number of carbonyl (C=O) groups is 1. The molecule has 0 saturated carbocycles. The van der Waals surface area contributed by atoms with Crippen LogP contribution in [0.15, 0.2) is 42.6 Å². The maximum Gasteiger partial charge on any atom is 0.274 e. The van der Waals surface area contributed by atoms with E-state index < -0.39 is 0 Å². The molecule has 21 heavy (non-hydrogen) atoms. The van der Waals surface area contributed by atoms with Crippen LogP contribution in [0.1, 0.15) is 24.3 Å². The number of para-hydroxylation sites is 2. The molecular formula is C16H19N3O2. The van der Waals surface area contributed by atoms with E-state index in [0.29, 0.717) is 23.2 Å². The highest BCUT2D eigenvalue weighted by Crippen LogP contribution is 2.23. The molecule has 0 bridgehead atoms. The van der Waals surface area contributed by atoms with Crippen LogP contribution in [0.2, 0.25) is 0 Å². The Morgan fingerprint density at radius 1 is 1.19 bits per heavy atom. The zero-order valence-electron chi connectivity index (χ0n) is 12.4. The van der Waals surface area contributed by atoms with Crippen molar-refractivity contribution in [3.05, 3.63) is 48.3 Å². The number of anilines is 2. The van der Waals surface area contributed by atoms with E-state index in [1.165, 1.54) is 0 Å². The van der Waals surface area contributed by atoms with Crippen molar-refractivity contribution in [2.45, 2.75) is 19.9 Å². The fourth-order valence-corrected chi connectivity index (χ4v) is 1.88. The molecule has 0 fully saturated rings. The fourth-order valence-electron chi connectivity index (χ4n) is 1.88. The van der Waals surface area contributed by atoms with Crippen molar-refractivity contribution in [3.8, 4) is 5.75 Å². The molecule has 0 aliphatic carbocycles. The Balaban J connectivity index is 2.09. The number of hydrogen-bond donors (Lipinski definition) is 2. The number of ether oxygens (including phenoxy) is 1. The number of amides is 1. The second-order valence-corrected chi connectivity index (χ2v) is 4.89. The van der Waals surface area contributed by atoms with Gasteiger partial charge in [-0.15, -0.1) is 0 Å². The van der Waals surface area contributed by atoms with E-state index in [2.05, 4.69) is 15.6 Å². The largest absolute Gasteiger partial charge is 0.495 e. The lowest BCUT2D eigenvalue weighted by molar-refractivity contribution is 0.102. The normalized spacial score (nSPS) is 10.3. The topological polar surface area (TPSA) is 63.2 Å². The monoisotopic (exact) mass is 285 g/mol. The number of carbonyl (C=O) groups excluding carboxylic acids is 1. The molecule has 110 valence electrons. The van der Waals surface area contributed by atoms with Crippen LogP contribution in [0, 0.1) is 0 Å². The number of nitrogens with zero attached hydrogens (tertiary/aromatic N) is 1. The van der Waals surface area contributed by atoms with Gasteiger partial charge in [0.15, 0.2) is 0 Å². The number of nitrogens with one attached hydrogen (secondary N) is 2. The summed E-state index contributed by atoms with van der Waals surface area (Å²) in [6.07, 6.45) is 1.65. The van der Waals surface area contributed by atoms with E-state index in [4.69, 9.17) is 4.74 Å². The van der Waals surface area contributed by atoms with E-state index >= 15 is 0 Å². The van der Waals surface area contributed by atoms with Gasteiger partial charge in [0.25, 0.3) is 5.91 Å². The van der Waals surface area contributed by atoms with Crippen LogP contribution in [-0.4, -0.2) is 24.0 Å². The van der Waals surface area contributed by atoms with Gasteiger partial charge in [0, 0.05) is 6.04 Å². The van der Waals surface area contributed by atoms with Crippen molar-refractivity contribution in [1.82, 2.24) is 4.98 Å². The van der Waals surface area contributed by atoms with E-state index in [1.807, 2.05) is 32.0 Å². The minimum absolute atomic E-state index is 0.268. The molecule has 1 aromatic carbocycles. The molecule has 0 spiro atoms. The Bertz CT molecular complexity index is 609. The highest BCUT2D eigenvalue weighted by molar-refractivity contribution is 6.03. The number of rotatable bonds is 5. The van der Waals surface area contributed by atoms with Crippen LogP contribution in [-0.2, 0) is 0 Å². The number of aromatic nitrogens is 1. The van der Waals surface area contributed by atoms with Gasteiger partial charge in [-0.3, -0.25) is 4.79 Å². The molecule has 5 heteroatoms. The molecule has 1 amide bonds. The van der Waals surface area contributed by atoms with Crippen LogP contribution >= 0.6 is 0 Å². The summed E-state index contributed by atoms with van der Waals surface area (Å²) in [5.74, 6) is 0.347. The molecule has 2 N–H and O–H groups in total. The minimum Gasteiger partial charge on any atom is -0.495 e. The van der Waals surface area contributed by atoms with Gasteiger partial charge in [0.2, 0.25) is 0 Å². The van der Waals surface area contributed by atoms with Crippen molar-refractivity contribution in [2.75, 3.05) is 17.7 Å². The number of methoxy groups -OCH3 is 1. The summed E-state index contributed by atoms with van der Waals surface area (Å²) in [4.78, 5) is 16.3. The summed E-state index contributed by atoms with van der Waals surface area (Å²) in [5.41, 5.74) is 1.87. The Morgan fingerprint density at radius 3 is 2.57 bits per heavy atom. The second kappa shape index (κ2) is 6.74. The first-order valence-electron chi connectivity index (χ1n) is 6.77. The summed E-state index contributed by atoms with van der Waals surface area (Å²) in [6, 6.07) is 11.1. The van der Waals surface area contributed by atoms with Gasteiger partial charge in [0.1, 0.15) is 11.4 Å². The number of hydrogen-bond acceptors (Lipinski definition) is 4. The van der Waals surface area contributed by atoms with Crippen molar-refractivity contribution in [2.24, 2.45) is 0 Å². The smallest absolute Gasteiger partial charge is 0.274 e. The van der Waals surface area contributed by atoms with Gasteiger partial charge in [-0.05, 0) is 38.1 Å². The first-order valence-corrected chi connectivity index (χ1v) is 6.77. The van der Waals surface area contributed by atoms with E-state index in [-0.39, 0.29) is 5.91 Å². The van der Waals surface area contributed by atoms with E-state index in [9.17, 15) is 4.79 Å². The third-order valence-electron chi connectivity index (χ3n) is 2.81. The van der Waals surface area contributed by atoms with Crippen molar-refractivity contribution in [3.63, 3.8) is 0 Å². The fraction of sp³-hybridized carbons (Fsp3) is 0.250. The Hall–Kier alpha value is -2.56. The molecule has 5 nitrogen and oxygen atoms in total.